The van der Waals surface area contributed by atoms with Crippen LogP contribution in [0.1, 0.15) is 36.7 Å². The van der Waals surface area contributed by atoms with Gasteiger partial charge in [-0.05, 0) is 50.5 Å². The van der Waals surface area contributed by atoms with E-state index in [0.717, 1.165) is 6.26 Å². The van der Waals surface area contributed by atoms with E-state index >= 15 is 0 Å². The molecule has 0 fully saturated rings. The molecule has 0 aliphatic carbocycles. The molecule has 0 saturated carbocycles. The lowest BCUT2D eigenvalue weighted by molar-refractivity contribution is 0.0996. The lowest BCUT2D eigenvalue weighted by atomic mass is 10.1. The van der Waals surface area contributed by atoms with Gasteiger partial charge in [0, 0.05) is 22.3 Å². The van der Waals surface area contributed by atoms with Crippen LogP contribution in [0.5, 0.6) is 5.75 Å². The van der Waals surface area contributed by atoms with Crippen LogP contribution in [-0.4, -0.2) is 31.6 Å². The Balaban J connectivity index is 2.53. The minimum Gasteiger partial charge on any atom is -0.496 e. The number of nitrogens with zero attached hydrogens (tertiary/aromatic N) is 2. The quantitative estimate of drug-likeness (QED) is 0.677. The minimum atomic E-state index is -3.63. The average Bonchev–Trinajstić information content (AvgIpc) is 2.95. The SMILES string of the molecule is COc1ccc(Cl)cc1C(=O)/N=c1\sn(C(C)(C)C)cc1COS(C)(=O)=O. The standard InChI is InChI=1S/C17H21ClN2O5S2/c1-17(2,3)20-9-11(10-25-27(5,22)23)16(26-20)19-15(21)13-8-12(18)6-7-14(13)24-4/h6-9H,10H2,1-5H3/b19-16-. The van der Waals surface area contributed by atoms with E-state index in [2.05, 4.69) is 4.99 Å². The summed E-state index contributed by atoms with van der Waals surface area (Å²) in [5.41, 5.74) is 0.445. The second-order valence-electron chi connectivity index (χ2n) is 6.78. The first-order valence-electron chi connectivity index (χ1n) is 7.90. The molecular weight excluding hydrogens is 412 g/mol. The smallest absolute Gasteiger partial charge is 0.282 e. The maximum Gasteiger partial charge on any atom is 0.282 e. The molecule has 0 atom stereocenters. The summed E-state index contributed by atoms with van der Waals surface area (Å²) >= 11 is 7.22. The van der Waals surface area contributed by atoms with Crippen molar-refractivity contribution in [2.75, 3.05) is 13.4 Å². The van der Waals surface area contributed by atoms with Crippen molar-refractivity contribution in [3.05, 3.63) is 45.2 Å². The molecule has 1 aromatic carbocycles. The Morgan fingerprint density at radius 2 is 2.00 bits per heavy atom. The third-order valence-electron chi connectivity index (χ3n) is 3.42. The summed E-state index contributed by atoms with van der Waals surface area (Å²) < 4.78 is 35.0. The Bertz CT molecular complexity index is 1020. The van der Waals surface area contributed by atoms with Crippen molar-refractivity contribution in [3.8, 4) is 5.75 Å². The monoisotopic (exact) mass is 432 g/mol. The van der Waals surface area contributed by atoms with Gasteiger partial charge in [0.1, 0.15) is 10.4 Å². The lowest BCUT2D eigenvalue weighted by Gasteiger charge is -2.19. The normalized spacial score (nSPS) is 13.0. The fraction of sp³-hybridized carbons (Fsp3) is 0.412. The van der Waals surface area contributed by atoms with Crippen LogP contribution < -0.4 is 9.41 Å². The predicted molar refractivity (Wildman–Crippen MR) is 105 cm³/mol. The molecule has 7 nitrogen and oxygen atoms in total. The van der Waals surface area contributed by atoms with Crippen molar-refractivity contribution in [3.63, 3.8) is 0 Å². The summed E-state index contributed by atoms with van der Waals surface area (Å²) in [6, 6.07) is 4.67. The van der Waals surface area contributed by atoms with E-state index in [-0.39, 0.29) is 17.7 Å². The summed E-state index contributed by atoms with van der Waals surface area (Å²) in [7, 11) is -2.18. The van der Waals surface area contributed by atoms with E-state index < -0.39 is 16.0 Å². The Hall–Kier alpha value is -1.68. The first kappa shape index (κ1) is 21.6. The zero-order chi connectivity index (χ0) is 20.4. The van der Waals surface area contributed by atoms with Gasteiger partial charge in [0.25, 0.3) is 16.0 Å². The van der Waals surface area contributed by atoms with E-state index in [9.17, 15) is 13.2 Å². The maximum absolute atomic E-state index is 12.7. The highest BCUT2D eigenvalue weighted by Crippen LogP contribution is 2.23. The first-order chi connectivity index (χ1) is 12.4. The van der Waals surface area contributed by atoms with Gasteiger partial charge in [0.15, 0.2) is 0 Å². The number of hydrogen-bond donors (Lipinski definition) is 0. The second-order valence-corrected chi connectivity index (χ2v) is 9.82. The van der Waals surface area contributed by atoms with Crippen LogP contribution >= 0.6 is 23.1 Å². The van der Waals surface area contributed by atoms with Crippen molar-refractivity contribution in [2.24, 2.45) is 4.99 Å². The Kier molecular flexibility index (Phi) is 6.51. The molecule has 27 heavy (non-hydrogen) atoms. The van der Waals surface area contributed by atoms with Crippen LogP contribution in [0, 0.1) is 0 Å². The second kappa shape index (κ2) is 8.14. The summed E-state index contributed by atoms with van der Waals surface area (Å²) in [6.07, 6.45) is 2.70. The number of amides is 1. The molecule has 1 heterocycles. The van der Waals surface area contributed by atoms with Crippen LogP contribution in [0.2, 0.25) is 5.02 Å². The van der Waals surface area contributed by atoms with Gasteiger partial charge in [-0.25, -0.2) is 0 Å². The molecule has 10 heteroatoms. The summed E-state index contributed by atoms with van der Waals surface area (Å²) in [5.74, 6) is -0.194. The van der Waals surface area contributed by atoms with Crippen LogP contribution in [0.15, 0.2) is 29.4 Å². The molecule has 148 valence electrons. The van der Waals surface area contributed by atoms with Gasteiger partial charge in [-0.15, -0.1) is 0 Å². The van der Waals surface area contributed by atoms with Gasteiger partial charge in [0.05, 0.1) is 25.5 Å². The third-order valence-corrected chi connectivity index (χ3v) is 5.57. The summed E-state index contributed by atoms with van der Waals surface area (Å²) in [4.78, 5) is 16.9. The fourth-order valence-corrected chi connectivity index (χ4v) is 3.57. The number of rotatable bonds is 5. The molecule has 1 amide bonds. The van der Waals surface area contributed by atoms with Crippen molar-refractivity contribution in [1.82, 2.24) is 3.96 Å². The van der Waals surface area contributed by atoms with Gasteiger partial charge in [-0.1, -0.05) is 11.6 Å². The van der Waals surface area contributed by atoms with E-state index in [1.807, 2.05) is 24.7 Å². The summed E-state index contributed by atoms with van der Waals surface area (Å²) in [6.45, 7) is 5.74. The summed E-state index contributed by atoms with van der Waals surface area (Å²) in [5, 5.41) is 0.380. The minimum absolute atomic E-state index is 0.211. The highest BCUT2D eigenvalue weighted by Gasteiger charge is 2.18. The molecular formula is C17H21ClN2O5S2. The Morgan fingerprint density at radius 3 is 2.56 bits per heavy atom. The molecule has 0 aliphatic rings. The maximum atomic E-state index is 12.7. The van der Waals surface area contributed by atoms with Gasteiger partial charge in [-0.2, -0.15) is 13.4 Å². The number of methoxy groups -OCH3 is 1. The van der Waals surface area contributed by atoms with Crippen LogP contribution in [0.3, 0.4) is 0 Å². The highest BCUT2D eigenvalue weighted by molar-refractivity contribution is 7.85. The van der Waals surface area contributed by atoms with Crippen LogP contribution in [-0.2, 0) is 26.4 Å². The lowest BCUT2D eigenvalue weighted by Crippen LogP contribution is -2.18. The largest absolute Gasteiger partial charge is 0.496 e. The average molecular weight is 433 g/mol. The number of hydrogen-bond acceptors (Lipinski definition) is 6. The van der Waals surface area contributed by atoms with Crippen LogP contribution in [0.25, 0.3) is 0 Å². The van der Waals surface area contributed by atoms with Crippen molar-refractivity contribution < 1.29 is 22.1 Å². The van der Waals surface area contributed by atoms with E-state index in [0.29, 0.717) is 21.0 Å². The third kappa shape index (κ3) is 5.90. The van der Waals surface area contributed by atoms with Crippen molar-refractivity contribution in [1.29, 1.82) is 0 Å². The molecule has 0 saturated heterocycles. The highest BCUT2D eigenvalue weighted by atomic mass is 35.5. The van der Waals surface area contributed by atoms with E-state index in [1.165, 1.54) is 24.7 Å². The molecule has 1 aromatic heterocycles. The first-order valence-corrected chi connectivity index (χ1v) is 10.9. The molecule has 2 rings (SSSR count). The van der Waals surface area contributed by atoms with Gasteiger partial charge in [-0.3, -0.25) is 12.9 Å². The molecule has 2 aromatic rings. The Morgan fingerprint density at radius 1 is 1.33 bits per heavy atom. The zero-order valence-corrected chi connectivity index (χ0v) is 18.0. The van der Waals surface area contributed by atoms with Crippen molar-refractivity contribution in [2.45, 2.75) is 32.9 Å². The number of carbonyl (C=O) groups is 1. The molecule has 0 unspecified atom stereocenters. The van der Waals surface area contributed by atoms with E-state index in [1.54, 1.807) is 18.3 Å². The molecule has 0 N–H and O–H groups in total. The molecule has 0 radical (unpaired) electrons. The zero-order valence-electron chi connectivity index (χ0n) is 15.6. The van der Waals surface area contributed by atoms with E-state index in [4.69, 9.17) is 20.5 Å². The number of aromatic nitrogens is 1. The Labute approximate surface area is 167 Å². The number of carbonyl (C=O) groups excluding carboxylic acids is 1. The molecule has 0 bridgehead atoms. The van der Waals surface area contributed by atoms with Gasteiger partial charge >= 0.3 is 0 Å². The van der Waals surface area contributed by atoms with Crippen molar-refractivity contribution >= 4 is 39.2 Å². The number of halogens is 1. The topological polar surface area (TPSA) is 87.0 Å². The molecule has 0 aliphatic heterocycles. The predicted octanol–water partition coefficient (Wildman–Crippen LogP) is 3.18. The molecule has 0 spiro atoms. The van der Waals surface area contributed by atoms with Gasteiger partial charge < -0.3 is 4.74 Å². The van der Waals surface area contributed by atoms with Gasteiger partial charge in [0.2, 0.25) is 0 Å². The number of ether oxygens (including phenoxy) is 1. The number of benzene rings is 1. The van der Waals surface area contributed by atoms with Crippen LogP contribution in [0.4, 0.5) is 0 Å². The fourth-order valence-electron chi connectivity index (χ4n) is 2.07.